The number of carboxylic acids is 1. The average Bonchev–Trinajstić information content (AvgIpc) is 3.07. The highest BCUT2D eigenvalue weighted by molar-refractivity contribution is 6.32. The summed E-state index contributed by atoms with van der Waals surface area (Å²) in [6.45, 7) is 0. The predicted octanol–water partition coefficient (Wildman–Crippen LogP) is 3.48. The van der Waals surface area contributed by atoms with Gasteiger partial charge in [0, 0.05) is 5.56 Å². The lowest BCUT2D eigenvalue weighted by Crippen LogP contribution is -2.21. The zero-order chi connectivity index (χ0) is 14.4. The number of ether oxygens (including phenoxy) is 1. The number of carbonyl (C=O) groups is 1. The minimum absolute atomic E-state index is 0.00503. The standard InChI is InChI=1S/C12H10ClF3O3/c1-19-9-7(11(2-3-11)10(17)18)4-6(5-8(9)13)12(14,15)16/h4-5H,2-3H2,1H3,(H,17,18). The molecule has 1 aliphatic rings. The second kappa shape index (κ2) is 4.30. The SMILES string of the molecule is COc1c(Cl)cc(C(F)(F)F)cc1C1(C(=O)O)CC1. The van der Waals surface area contributed by atoms with E-state index in [2.05, 4.69) is 0 Å². The van der Waals surface area contributed by atoms with Crippen molar-refractivity contribution in [2.75, 3.05) is 7.11 Å². The van der Waals surface area contributed by atoms with Crippen LogP contribution >= 0.6 is 11.6 Å². The Kier molecular flexibility index (Phi) is 3.16. The van der Waals surface area contributed by atoms with Gasteiger partial charge in [-0.2, -0.15) is 13.2 Å². The number of rotatable bonds is 3. The van der Waals surface area contributed by atoms with Crippen molar-refractivity contribution >= 4 is 17.6 Å². The summed E-state index contributed by atoms with van der Waals surface area (Å²) in [5.74, 6) is -1.17. The Balaban J connectivity index is 2.65. The summed E-state index contributed by atoms with van der Waals surface area (Å²) in [6.07, 6.45) is -4.04. The van der Waals surface area contributed by atoms with Crippen LogP contribution in [-0.2, 0) is 16.4 Å². The van der Waals surface area contributed by atoms with Crippen LogP contribution in [0.3, 0.4) is 0 Å². The molecular weight excluding hydrogens is 285 g/mol. The molecule has 1 aromatic carbocycles. The zero-order valence-electron chi connectivity index (χ0n) is 9.84. The largest absolute Gasteiger partial charge is 0.495 e. The molecule has 0 aliphatic heterocycles. The third-order valence-corrected chi connectivity index (χ3v) is 3.53. The molecule has 1 saturated carbocycles. The van der Waals surface area contributed by atoms with Crippen LogP contribution in [0.2, 0.25) is 5.02 Å². The lowest BCUT2D eigenvalue weighted by atomic mass is 9.93. The second-order valence-corrected chi connectivity index (χ2v) is 4.83. The fraction of sp³-hybridized carbons (Fsp3) is 0.417. The van der Waals surface area contributed by atoms with Crippen LogP contribution in [0.4, 0.5) is 13.2 Å². The van der Waals surface area contributed by atoms with Crippen LogP contribution in [0.15, 0.2) is 12.1 Å². The number of hydrogen-bond acceptors (Lipinski definition) is 2. The predicted molar refractivity (Wildman–Crippen MR) is 61.6 cm³/mol. The van der Waals surface area contributed by atoms with Crippen molar-refractivity contribution < 1.29 is 27.8 Å². The summed E-state index contributed by atoms with van der Waals surface area (Å²) in [5.41, 5.74) is -2.29. The molecule has 0 saturated heterocycles. The molecule has 0 spiro atoms. The molecule has 0 bridgehead atoms. The molecule has 7 heteroatoms. The maximum absolute atomic E-state index is 12.7. The van der Waals surface area contributed by atoms with Gasteiger partial charge in [-0.05, 0) is 25.0 Å². The summed E-state index contributed by atoms with van der Waals surface area (Å²) >= 11 is 5.76. The summed E-state index contributed by atoms with van der Waals surface area (Å²) in [7, 11) is 1.25. The van der Waals surface area contributed by atoms with Crippen LogP contribution in [0, 0.1) is 0 Å². The summed E-state index contributed by atoms with van der Waals surface area (Å²) < 4.78 is 43.2. The van der Waals surface area contributed by atoms with Gasteiger partial charge in [0.1, 0.15) is 5.75 Å². The molecule has 104 valence electrons. The molecule has 1 N–H and O–H groups in total. The molecule has 3 nitrogen and oxygen atoms in total. The number of benzene rings is 1. The van der Waals surface area contributed by atoms with Gasteiger partial charge in [-0.3, -0.25) is 4.79 Å². The minimum Gasteiger partial charge on any atom is -0.495 e. The molecule has 1 fully saturated rings. The van der Waals surface area contributed by atoms with Gasteiger partial charge in [-0.1, -0.05) is 11.6 Å². The van der Waals surface area contributed by atoms with Crippen molar-refractivity contribution in [2.45, 2.75) is 24.4 Å². The van der Waals surface area contributed by atoms with E-state index >= 15 is 0 Å². The van der Waals surface area contributed by atoms with Gasteiger partial charge in [0.25, 0.3) is 0 Å². The first-order valence-electron chi connectivity index (χ1n) is 5.41. The van der Waals surface area contributed by atoms with Crippen LogP contribution in [0.1, 0.15) is 24.0 Å². The Bertz CT molecular complexity index is 536. The zero-order valence-corrected chi connectivity index (χ0v) is 10.6. The Morgan fingerprint density at radius 1 is 1.42 bits per heavy atom. The molecule has 0 amide bonds. The first kappa shape index (κ1) is 14.0. The van der Waals surface area contributed by atoms with E-state index < -0.39 is 23.1 Å². The van der Waals surface area contributed by atoms with Gasteiger partial charge < -0.3 is 9.84 Å². The fourth-order valence-corrected chi connectivity index (χ4v) is 2.34. The molecule has 0 aromatic heterocycles. The quantitative estimate of drug-likeness (QED) is 0.928. The van der Waals surface area contributed by atoms with E-state index in [-0.39, 0.29) is 29.2 Å². The van der Waals surface area contributed by atoms with E-state index in [4.69, 9.17) is 16.3 Å². The molecular formula is C12H10ClF3O3. The van der Waals surface area contributed by atoms with E-state index in [0.717, 1.165) is 12.1 Å². The van der Waals surface area contributed by atoms with Gasteiger partial charge >= 0.3 is 12.1 Å². The van der Waals surface area contributed by atoms with E-state index in [9.17, 15) is 23.1 Å². The molecule has 0 unspecified atom stereocenters. The second-order valence-electron chi connectivity index (χ2n) is 4.42. The van der Waals surface area contributed by atoms with E-state index in [0.29, 0.717) is 0 Å². The number of halogens is 4. The van der Waals surface area contributed by atoms with Crippen molar-refractivity contribution in [3.8, 4) is 5.75 Å². The maximum atomic E-state index is 12.7. The highest BCUT2D eigenvalue weighted by Crippen LogP contribution is 2.54. The van der Waals surface area contributed by atoms with Gasteiger partial charge in [0.05, 0.1) is 23.1 Å². The summed E-state index contributed by atoms with van der Waals surface area (Å²) in [6, 6.07) is 1.55. The Labute approximate surface area is 111 Å². The van der Waals surface area contributed by atoms with Crippen molar-refractivity contribution in [1.82, 2.24) is 0 Å². The number of hydrogen-bond donors (Lipinski definition) is 1. The normalized spacial score (nSPS) is 17.1. The number of carboxylic acid groups (broad SMARTS) is 1. The van der Waals surface area contributed by atoms with Crippen LogP contribution in [0.25, 0.3) is 0 Å². The first-order chi connectivity index (χ1) is 8.72. The van der Waals surface area contributed by atoms with Crippen LogP contribution in [-0.4, -0.2) is 18.2 Å². The van der Waals surface area contributed by atoms with E-state index in [1.54, 1.807) is 0 Å². The number of aliphatic carboxylic acids is 1. The van der Waals surface area contributed by atoms with Gasteiger partial charge in [-0.25, -0.2) is 0 Å². The third kappa shape index (κ3) is 2.25. The minimum atomic E-state index is -4.58. The van der Waals surface area contributed by atoms with Crippen LogP contribution < -0.4 is 4.74 Å². The van der Waals surface area contributed by atoms with Gasteiger partial charge in [-0.15, -0.1) is 0 Å². The molecule has 1 aliphatic carbocycles. The van der Waals surface area contributed by atoms with Crippen molar-refractivity contribution in [3.63, 3.8) is 0 Å². The van der Waals surface area contributed by atoms with E-state index in [1.807, 2.05) is 0 Å². The molecule has 2 rings (SSSR count). The lowest BCUT2D eigenvalue weighted by molar-refractivity contribution is -0.141. The highest BCUT2D eigenvalue weighted by Gasteiger charge is 2.54. The monoisotopic (exact) mass is 294 g/mol. The number of methoxy groups -OCH3 is 1. The summed E-state index contributed by atoms with van der Waals surface area (Å²) in [4.78, 5) is 11.2. The Morgan fingerprint density at radius 2 is 2.00 bits per heavy atom. The Morgan fingerprint density at radius 3 is 2.37 bits per heavy atom. The Hall–Kier alpha value is -1.43. The lowest BCUT2D eigenvalue weighted by Gasteiger charge is -2.18. The van der Waals surface area contributed by atoms with E-state index in [1.165, 1.54) is 7.11 Å². The first-order valence-corrected chi connectivity index (χ1v) is 5.79. The molecule has 19 heavy (non-hydrogen) atoms. The highest BCUT2D eigenvalue weighted by atomic mass is 35.5. The average molecular weight is 295 g/mol. The topological polar surface area (TPSA) is 46.5 Å². The molecule has 0 atom stereocenters. The molecule has 0 heterocycles. The van der Waals surface area contributed by atoms with Crippen molar-refractivity contribution in [1.29, 1.82) is 0 Å². The summed E-state index contributed by atoms with van der Waals surface area (Å²) in [5, 5.41) is 8.95. The molecule has 1 aromatic rings. The van der Waals surface area contributed by atoms with Crippen molar-refractivity contribution in [2.24, 2.45) is 0 Å². The maximum Gasteiger partial charge on any atom is 0.416 e. The fourth-order valence-electron chi connectivity index (χ4n) is 2.04. The van der Waals surface area contributed by atoms with Crippen LogP contribution in [0.5, 0.6) is 5.75 Å². The van der Waals surface area contributed by atoms with Crippen molar-refractivity contribution in [3.05, 3.63) is 28.3 Å². The smallest absolute Gasteiger partial charge is 0.416 e. The van der Waals surface area contributed by atoms with Gasteiger partial charge in [0.15, 0.2) is 0 Å². The molecule has 0 radical (unpaired) electrons. The third-order valence-electron chi connectivity index (χ3n) is 3.25. The van der Waals surface area contributed by atoms with Gasteiger partial charge in [0.2, 0.25) is 0 Å². The number of alkyl halides is 3.